The second kappa shape index (κ2) is 5.20. The molecule has 1 aromatic carbocycles. The van der Waals surface area contributed by atoms with Crippen molar-refractivity contribution in [2.45, 2.75) is 27.3 Å². The van der Waals surface area contributed by atoms with Crippen molar-refractivity contribution in [2.75, 3.05) is 0 Å². The lowest BCUT2D eigenvalue weighted by molar-refractivity contribution is 0.656. The summed E-state index contributed by atoms with van der Waals surface area (Å²) < 4.78 is 4.49. The molecular formula is C18H19N5O2. The minimum absolute atomic E-state index is 0.235. The maximum atomic E-state index is 13.1. The van der Waals surface area contributed by atoms with Gasteiger partial charge >= 0.3 is 5.69 Å². The number of aryl methyl sites for hydroxylation is 4. The first-order valence-corrected chi connectivity index (χ1v) is 8.11. The molecule has 25 heavy (non-hydrogen) atoms. The molecule has 0 atom stereocenters. The molecule has 0 spiro atoms. The highest BCUT2D eigenvalue weighted by atomic mass is 16.2. The van der Waals surface area contributed by atoms with Gasteiger partial charge in [0.05, 0.1) is 6.54 Å². The predicted molar refractivity (Wildman–Crippen MR) is 96.3 cm³/mol. The van der Waals surface area contributed by atoms with Crippen molar-refractivity contribution in [2.24, 2.45) is 7.05 Å². The highest BCUT2D eigenvalue weighted by Gasteiger charge is 2.19. The molecule has 7 heteroatoms. The van der Waals surface area contributed by atoms with Crippen LogP contribution in [-0.4, -0.2) is 23.5 Å². The Kier molecular flexibility index (Phi) is 3.21. The SMILES string of the molecule is Cc1cccc(Cn2c(=O)c3c(nc4[nH]c(C)c(C)n43)n(C)c2=O)c1. The largest absolute Gasteiger partial charge is 0.332 e. The number of imidazole rings is 2. The first-order chi connectivity index (χ1) is 11.9. The highest BCUT2D eigenvalue weighted by molar-refractivity contribution is 5.76. The van der Waals surface area contributed by atoms with Gasteiger partial charge in [0, 0.05) is 18.4 Å². The number of benzene rings is 1. The van der Waals surface area contributed by atoms with E-state index < -0.39 is 0 Å². The van der Waals surface area contributed by atoms with Crippen molar-refractivity contribution < 1.29 is 0 Å². The zero-order chi connectivity index (χ0) is 17.9. The van der Waals surface area contributed by atoms with Crippen LogP contribution in [-0.2, 0) is 13.6 Å². The molecule has 4 aromatic rings. The third-order valence-electron chi connectivity index (χ3n) is 4.74. The van der Waals surface area contributed by atoms with Gasteiger partial charge in [0.25, 0.3) is 5.56 Å². The van der Waals surface area contributed by atoms with Crippen LogP contribution in [0.1, 0.15) is 22.5 Å². The molecule has 0 saturated heterocycles. The predicted octanol–water partition coefficient (Wildman–Crippen LogP) is 1.65. The summed E-state index contributed by atoms with van der Waals surface area (Å²) in [6, 6.07) is 7.81. The third-order valence-corrected chi connectivity index (χ3v) is 4.74. The average molecular weight is 337 g/mol. The zero-order valence-corrected chi connectivity index (χ0v) is 14.6. The van der Waals surface area contributed by atoms with Gasteiger partial charge in [-0.2, -0.15) is 4.98 Å². The van der Waals surface area contributed by atoms with E-state index in [2.05, 4.69) is 9.97 Å². The Morgan fingerprint density at radius 1 is 1.16 bits per heavy atom. The molecule has 0 aliphatic carbocycles. The van der Waals surface area contributed by atoms with Crippen molar-refractivity contribution in [3.8, 4) is 0 Å². The van der Waals surface area contributed by atoms with E-state index in [1.54, 1.807) is 11.4 Å². The Hall–Kier alpha value is -3.09. The summed E-state index contributed by atoms with van der Waals surface area (Å²) in [5.41, 5.74) is 3.99. The molecule has 0 fully saturated rings. The van der Waals surface area contributed by atoms with Crippen LogP contribution in [0.4, 0.5) is 0 Å². The Balaban J connectivity index is 2.06. The lowest BCUT2D eigenvalue weighted by Crippen LogP contribution is -2.39. The molecule has 0 saturated carbocycles. The number of aromatic nitrogens is 5. The smallest absolute Gasteiger partial charge is 0.327 e. The Bertz CT molecular complexity index is 1250. The number of hydrogen-bond donors (Lipinski definition) is 1. The van der Waals surface area contributed by atoms with Crippen LogP contribution < -0.4 is 11.2 Å². The van der Waals surface area contributed by atoms with E-state index in [-0.39, 0.29) is 17.8 Å². The van der Waals surface area contributed by atoms with Gasteiger partial charge in [-0.15, -0.1) is 0 Å². The summed E-state index contributed by atoms with van der Waals surface area (Å²) in [6.07, 6.45) is 0. The lowest BCUT2D eigenvalue weighted by atomic mass is 10.1. The van der Waals surface area contributed by atoms with Crippen LogP contribution in [0.3, 0.4) is 0 Å². The molecule has 7 nitrogen and oxygen atoms in total. The molecule has 0 aliphatic rings. The topological polar surface area (TPSA) is 77.1 Å². The summed E-state index contributed by atoms with van der Waals surface area (Å²) >= 11 is 0. The van der Waals surface area contributed by atoms with E-state index in [0.29, 0.717) is 16.9 Å². The van der Waals surface area contributed by atoms with Crippen LogP contribution >= 0.6 is 0 Å². The highest BCUT2D eigenvalue weighted by Crippen LogP contribution is 2.16. The molecule has 3 heterocycles. The number of aromatic amines is 1. The summed E-state index contributed by atoms with van der Waals surface area (Å²) in [7, 11) is 1.64. The number of nitrogens with one attached hydrogen (secondary N) is 1. The second-order valence-electron chi connectivity index (χ2n) is 6.50. The Morgan fingerprint density at radius 2 is 1.92 bits per heavy atom. The van der Waals surface area contributed by atoms with E-state index in [1.807, 2.05) is 45.0 Å². The van der Waals surface area contributed by atoms with Gasteiger partial charge in [0.1, 0.15) is 0 Å². The van der Waals surface area contributed by atoms with E-state index in [0.717, 1.165) is 22.5 Å². The van der Waals surface area contributed by atoms with Gasteiger partial charge in [0.2, 0.25) is 5.78 Å². The van der Waals surface area contributed by atoms with Crippen molar-refractivity contribution in [1.29, 1.82) is 0 Å². The van der Waals surface area contributed by atoms with Crippen LogP contribution in [0.15, 0.2) is 33.9 Å². The maximum absolute atomic E-state index is 13.1. The first-order valence-electron chi connectivity index (χ1n) is 8.11. The van der Waals surface area contributed by atoms with E-state index >= 15 is 0 Å². The number of rotatable bonds is 2. The third kappa shape index (κ3) is 2.15. The van der Waals surface area contributed by atoms with E-state index in [4.69, 9.17) is 0 Å². The minimum Gasteiger partial charge on any atom is -0.327 e. The maximum Gasteiger partial charge on any atom is 0.332 e. The molecule has 0 amide bonds. The van der Waals surface area contributed by atoms with Gasteiger partial charge < -0.3 is 4.98 Å². The fourth-order valence-corrected chi connectivity index (χ4v) is 3.29. The Morgan fingerprint density at radius 3 is 2.64 bits per heavy atom. The number of fused-ring (bicyclic) bond motifs is 3. The number of hydrogen-bond acceptors (Lipinski definition) is 3. The normalized spacial score (nSPS) is 11.7. The van der Waals surface area contributed by atoms with Crippen LogP contribution in [0.5, 0.6) is 0 Å². The molecule has 4 rings (SSSR count). The fourth-order valence-electron chi connectivity index (χ4n) is 3.29. The monoisotopic (exact) mass is 337 g/mol. The summed E-state index contributed by atoms with van der Waals surface area (Å²) in [6.45, 7) is 6.08. The van der Waals surface area contributed by atoms with Gasteiger partial charge in [-0.3, -0.25) is 18.3 Å². The Labute approximate surface area is 143 Å². The summed E-state index contributed by atoms with van der Waals surface area (Å²) in [5.74, 6) is 0.574. The van der Waals surface area contributed by atoms with Crippen molar-refractivity contribution >= 4 is 16.9 Å². The standard InChI is InChI=1S/C18H19N5O2/c1-10-6-5-7-13(8-10)9-22-16(24)14-15(21(4)18(22)25)20-17-19-11(2)12(3)23(14)17/h5-8H,9H2,1-4H3,(H,19,20). The van der Waals surface area contributed by atoms with Crippen molar-refractivity contribution in [3.05, 3.63) is 67.6 Å². The molecule has 0 bridgehead atoms. The van der Waals surface area contributed by atoms with Crippen molar-refractivity contribution in [1.82, 2.24) is 23.5 Å². The molecule has 128 valence electrons. The molecule has 0 unspecified atom stereocenters. The van der Waals surface area contributed by atoms with E-state index in [1.165, 1.54) is 9.13 Å². The minimum atomic E-state index is -0.367. The van der Waals surface area contributed by atoms with Crippen LogP contribution in [0, 0.1) is 20.8 Å². The second-order valence-corrected chi connectivity index (χ2v) is 6.50. The fraction of sp³-hybridized carbons (Fsp3) is 0.278. The average Bonchev–Trinajstić information content (AvgIpc) is 3.07. The zero-order valence-electron chi connectivity index (χ0n) is 14.6. The molecule has 0 radical (unpaired) electrons. The molecular weight excluding hydrogens is 318 g/mol. The summed E-state index contributed by atoms with van der Waals surface area (Å²) in [5, 5.41) is 0. The van der Waals surface area contributed by atoms with Gasteiger partial charge in [-0.25, -0.2) is 4.79 Å². The number of H-pyrrole nitrogens is 1. The quantitative estimate of drug-likeness (QED) is 0.604. The van der Waals surface area contributed by atoms with Crippen molar-refractivity contribution in [3.63, 3.8) is 0 Å². The molecule has 3 aromatic heterocycles. The molecule has 0 aliphatic heterocycles. The van der Waals surface area contributed by atoms with E-state index in [9.17, 15) is 9.59 Å². The van der Waals surface area contributed by atoms with Gasteiger partial charge in [-0.1, -0.05) is 29.8 Å². The number of nitrogens with zero attached hydrogens (tertiary/aromatic N) is 4. The lowest BCUT2D eigenvalue weighted by Gasteiger charge is -2.09. The van der Waals surface area contributed by atoms with Crippen LogP contribution in [0.25, 0.3) is 16.9 Å². The summed E-state index contributed by atoms with van der Waals surface area (Å²) in [4.78, 5) is 33.4. The van der Waals surface area contributed by atoms with Gasteiger partial charge in [0.15, 0.2) is 11.2 Å². The van der Waals surface area contributed by atoms with Gasteiger partial charge in [-0.05, 0) is 26.3 Å². The molecule has 1 N–H and O–H groups in total. The van der Waals surface area contributed by atoms with Crippen LogP contribution in [0.2, 0.25) is 0 Å². The first kappa shape index (κ1) is 15.4.